The third-order valence-corrected chi connectivity index (χ3v) is 4.22. The molecule has 1 heterocycles. The molecule has 24 heavy (non-hydrogen) atoms. The normalized spacial score (nSPS) is 12.5. The molecule has 124 valence electrons. The lowest BCUT2D eigenvalue weighted by Crippen LogP contribution is -2.35. The van der Waals surface area contributed by atoms with E-state index in [1.54, 1.807) is 6.26 Å². The van der Waals surface area contributed by atoms with Crippen LogP contribution in [0.3, 0.4) is 0 Å². The second kappa shape index (κ2) is 7.32. The predicted molar refractivity (Wildman–Crippen MR) is 95.8 cm³/mol. The summed E-state index contributed by atoms with van der Waals surface area (Å²) in [5.41, 5.74) is 1.05. The molecule has 0 saturated carbocycles. The van der Waals surface area contributed by atoms with Crippen molar-refractivity contribution >= 4 is 16.7 Å². The van der Waals surface area contributed by atoms with Crippen LogP contribution in [0, 0.1) is 0 Å². The summed E-state index contributed by atoms with van der Waals surface area (Å²) in [4.78, 5) is 14.4. The molecule has 0 aliphatic carbocycles. The van der Waals surface area contributed by atoms with Crippen LogP contribution in [0.5, 0.6) is 0 Å². The SMILES string of the molecule is CN(C)C(CNC(=O)Cc1cccc2ccccc12)c1ccco1. The van der Waals surface area contributed by atoms with Crippen molar-refractivity contribution in [1.29, 1.82) is 0 Å². The van der Waals surface area contributed by atoms with E-state index in [1.165, 1.54) is 0 Å². The molecule has 1 N–H and O–H groups in total. The topological polar surface area (TPSA) is 45.5 Å². The third kappa shape index (κ3) is 3.66. The fourth-order valence-corrected chi connectivity index (χ4v) is 2.91. The second-order valence-corrected chi connectivity index (χ2v) is 6.11. The van der Waals surface area contributed by atoms with Gasteiger partial charge in [0.1, 0.15) is 5.76 Å². The molecule has 1 atom stereocenters. The lowest BCUT2D eigenvalue weighted by atomic mass is 10.0. The highest BCUT2D eigenvalue weighted by molar-refractivity contribution is 5.90. The van der Waals surface area contributed by atoms with Gasteiger partial charge in [-0.2, -0.15) is 0 Å². The van der Waals surface area contributed by atoms with Gasteiger partial charge in [0, 0.05) is 6.54 Å². The number of furan rings is 1. The van der Waals surface area contributed by atoms with Crippen molar-refractivity contribution < 1.29 is 9.21 Å². The van der Waals surface area contributed by atoms with Crippen LogP contribution in [-0.4, -0.2) is 31.4 Å². The van der Waals surface area contributed by atoms with Crippen molar-refractivity contribution in [3.63, 3.8) is 0 Å². The van der Waals surface area contributed by atoms with E-state index < -0.39 is 0 Å². The first kappa shape index (κ1) is 16.3. The molecule has 0 spiro atoms. The smallest absolute Gasteiger partial charge is 0.224 e. The van der Waals surface area contributed by atoms with E-state index in [1.807, 2.05) is 55.4 Å². The van der Waals surface area contributed by atoms with Gasteiger partial charge in [0.25, 0.3) is 0 Å². The van der Waals surface area contributed by atoms with Crippen LogP contribution in [0.15, 0.2) is 65.3 Å². The number of nitrogens with zero attached hydrogens (tertiary/aromatic N) is 1. The number of carbonyl (C=O) groups is 1. The highest BCUT2D eigenvalue weighted by atomic mass is 16.3. The summed E-state index contributed by atoms with van der Waals surface area (Å²) in [7, 11) is 3.95. The molecule has 2 aromatic carbocycles. The molecule has 0 bridgehead atoms. The van der Waals surface area contributed by atoms with Crippen molar-refractivity contribution in [2.24, 2.45) is 0 Å². The van der Waals surface area contributed by atoms with Gasteiger partial charge in [0.05, 0.1) is 18.7 Å². The Morgan fingerprint density at radius 1 is 1.08 bits per heavy atom. The average Bonchev–Trinajstić information content (AvgIpc) is 3.09. The van der Waals surface area contributed by atoms with E-state index in [0.717, 1.165) is 22.1 Å². The minimum Gasteiger partial charge on any atom is -0.468 e. The van der Waals surface area contributed by atoms with Crippen LogP contribution < -0.4 is 5.32 Å². The van der Waals surface area contributed by atoms with Crippen molar-refractivity contribution in [3.8, 4) is 0 Å². The number of carbonyl (C=O) groups excluding carboxylic acids is 1. The minimum atomic E-state index is 0.0183. The van der Waals surface area contributed by atoms with Crippen molar-refractivity contribution in [3.05, 3.63) is 72.2 Å². The van der Waals surface area contributed by atoms with Gasteiger partial charge in [0.2, 0.25) is 5.91 Å². The van der Waals surface area contributed by atoms with Gasteiger partial charge in [0.15, 0.2) is 0 Å². The van der Waals surface area contributed by atoms with Gasteiger partial charge in [-0.25, -0.2) is 0 Å². The number of rotatable bonds is 6. The second-order valence-electron chi connectivity index (χ2n) is 6.11. The monoisotopic (exact) mass is 322 g/mol. The van der Waals surface area contributed by atoms with E-state index in [2.05, 4.69) is 23.5 Å². The molecule has 0 fully saturated rings. The van der Waals surface area contributed by atoms with Gasteiger partial charge in [-0.15, -0.1) is 0 Å². The lowest BCUT2D eigenvalue weighted by Gasteiger charge is -2.22. The highest BCUT2D eigenvalue weighted by Gasteiger charge is 2.18. The van der Waals surface area contributed by atoms with Crippen LogP contribution in [0.25, 0.3) is 10.8 Å². The Labute approximate surface area is 142 Å². The Hall–Kier alpha value is -2.59. The Morgan fingerprint density at radius 3 is 2.62 bits per heavy atom. The van der Waals surface area contributed by atoms with Gasteiger partial charge < -0.3 is 9.73 Å². The fraction of sp³-hybridized carbons (Fsp3) is 0.250. The standard InChI is InChI=1S/C20H22N2O2/c1-22(2)18(19-11-6-12-24-19)14-21-20(23)13-16-9-5-8-15-7-3-4-10-17(15)16/h3-12,18H,13-14H2,1-2H3,(H,21,23). The minimum absolute atomic E-state index is 0.0183. The molecule has 4 nitrogen and oxygen atoms in total. The molecule has 0 radical (unpaired) electrons. The van der Waals surface area contributed by atoms with Gasteiger partial charge >= 0.3 is 0 Å². The summed E-state index contributed by atoms with van der Waals surface area (Å²) in [5.74, 6) is 0.871. The molecule has 0 aliphatic heterocycles. The van der Waals surface area contributed by atoms with Crippen molar-refractivity contribution in [2.45, 2.75) is 12.5 Å². The Morgan fingerprint density at radius 2 is 1.88 bits per heavy atom. The van der Waals surface area contributed by atoms with E-state index in [-0.39, 0.29) is 11.9 Å². The first-order valence-corrected chi connectivity index (χ1v) is 8.08. The third-order valence-electron chi connectivity index (χ3n) is 4.22. The quantitative estimate of drug-likeness (QED) is 0.756. The summed E-state index contributed by atoms with van der Waals surface area (Å²) in [6.07, 6.45) is 2.03. The Balaban J connectivity index is 1.67. The van der Waals surface area contributed by atoms with Gasteiger partial charge in [-0.05, 0) is 42.6 Å². The first-order valence-electron chi connectivity index (χ1n) is 8.08. The molecular weight excluding hydrogens is 300 g/mol. The van der Waals surface area contributed by atoms with Crippen LogP contribution >= 0.6 is 0 Å². The maximum Gasteiger partial charge on any atom is 0.224 e. The van der Waals surface area contributed by atoms with E-state index >= 15 is 0 Å². The molecule has 4 heteroatoms. The van der Waals surface area contributed by atoms with Gasteiger partial charge in [-0.3, -0.25) is 9.69 Å². The number of nitrogens with one attached hydrogen (secondary N) is 1. The summed E-state index contributed by atoms with van der Waals surface area (Å²) in [6.45, 7) is 0.518. The number of hydrogen-bond donors (Lipinski definition) is 1. The maximum atomic E-state index is 12.4. The predicted octanol–water partition coefficient (Wildman–Crippen LogP) is 3.39. The molecule has 3 aromatic rings. The Kier molecular flexibility index (Phi) is 4.96. The Bertz CT molecular complexity index is 804. The molecule has 0 aliphatic rings. The number of fused-ring (bicyclic) bond motifs is 1. The zero-order valence-corrected chi connectivity index (χ0v) is 14.0. The van der Waals surface area contributed by atoms with E-state index in [4.69, 9.17) is 4.42 Å². The fourth-order valence-electron chi connectivity index (χ4n) is 2.91. The van der Waals surface area contributed by atoms with Crippen LogP contribution in [0.1, 0.15) is 17.4 Å². The van der Waals surface area contributed by atoms with Crippen molar-refractivity contribution in [1.82, 2.24) is 10.2 Å². The number of benzene rings is 2. The molecule has 1 aromatic heterocycles. The van der Waals surface area contributed by atoms with Crippen LogP contribution in [0.2, 0.25) is 0 Å². The summed E-state index contributed by atoms with van der Waals surface area (Å²) >= 11 is 0. The van der Waals surface area contributed by atoms with Gasteiger partial charge in [-0.1, -0.05) is 42.5 Å². The van der Waals surface area contributed by atoms with E-state index in [9.17, 15) is 4.79 Å². The number of amides is 1. The van der Waals surface area contributed by atoms with Crippen LogP contribution in [0.4, 0.5) is 0 Å². The largest absolute Gasteiger partial charge is 0.468 e. The number of likely N-dealkylation sites (N-methyl/N-ethyl adjacent to an activating group) is 1. The summed E-state index contributed by atoms with van der Waals surface area (Å²) < 4.78 is 5.47. The number of hydrogen-bond acceptors (Lipinski definition) is 3. The van der Waals surface area contributed by atoms with Crippen molar-refractivity contribution in [2.75, 3.05) is 20.6 Å². The summed E-state index contributed by atoms with van der Waals surface area (Å²) in [6, 6.07) is 18.0. The first-order chi connectivity index (χ1) is 11.6. The molecular formula is C20H22N2O2. The summed E-state index contributed by atoms with van der Waals surface area (Å²) in [5, 5.41) is 5.31. The zero-order chi connectivity index (χ0) is 16.9. The molecule has 1 amide bonds. The molecule has 3 rings (SSSR count). The van der Waals surface area contributed by atoms with E-state index in [0.29, 0.717) is 13.0 Å². The average molecular weight is 322 g/mol. The highest BCUT2D eigenvalue weighted by Crippen LogP contribution is 2.20. The van der Waals surface area contributed by atoms with Crippen LogP contribution in [-0.2, 0) is 11.2 Å². The maximum absolute atomic E-state index is 12.4. The lowest BCUT2D eigenvalue weighted by molar-refractivity contribution is -0.120. The zero-order valence-electron chi connectivity index (χ0n) is 14.0. The molecule has 0 saturated heterocycles. The molecule has 1 unspecified atom stereocenters.